The van der Waals surface area contributed by atoms with Gasteiger partial charge < -0.3 is 10.4 Å². The van der Waals surface area contributed by atoms with Crippen molar-refractivity contribution in [2.75, 3.05) is 6.54 Å². The lowest BCUT2D eigenvalue weighted by atomic mass is 10.2. The number of hydrogen-bond donors (Lipinski definition) is 2. The van der Waals surface area contributed by atoms with Gasteiger partial charge in [-0.05, 0) is 19.3 Å². The Morgan fingerprint density at radius 2 is 2.75 bits per heavy atom. The molecular weight excluding hydrogens is 106 g/mol. The predicted octanol–water partition coefficient (Wildman–Crippen LogP) is -0.177. The normalized spacial score (nSPS) is 50.2. The van der Waals surface area contributed by atoms with Gasteiger partial charge in [-0.25, -0.2) is 0 Å². The van der Waals surface area contributed by atoms with Crippen molar-refractivity contribution in [2.24, 2.45) is 0 Å². The summed E-state index contributed by atoms with van der Waals surface area (Å²) in [7, 11) is 0. The third kappa shape index (κ3) is 0.980. The SMILES string of the molecule is [2H][C@@H]1[C@@H](C(=O)O)NC[C@@H]1[2H]. The van der Waals surface area contributed by atoms with Gasteiger partial charge in [-0.2, -0.15) is 0 Å². The highest BCUT2D eigenvalue weighted by Crippen LogP contribution is 2.03. The molecule has 0 bridgehead atoms. The molecule has 0 aromatic rings. The maximum absolute atomic E-state index is 10.3. The molecule has 0 unspecified atom stereocenters. The van der Waals surface area contributed by atoms with Gasteiger partial charge in [0.15, 0.2) is 0 Å². The number of rotatable bonds is 1. The lowest BCUT2D eigenvalue weighted by Gasteiger charge is -1.99. The molecule has 8 heavy (non-hydrogen) atoms. The molecule has 0 aliphatic carbocycles. The molecule has 0 aromatic heterocycles. The van der Waals surface area contributed by atoms with E-state index in [1.807, 2.05) is 0 Å². The minimum Gasteiger partial charge on any atom is -0.480 e. The molecule has 1 aliphatic heterocycles. The third-order valence-electron chi connectivity index (χ3n) is 1.05. The Kier molecular flexibility index (Phi) is 0.921. The molecule has 2 N–H and O–H groups in total. The molecule has 0 spiro atoms. The number of carboxylic acid groups (broad SMARTS) is 1. The number of hydrogen-bond acceptors (Lipinski definition) is 2. The molecule has 0 saturated carbocycles. The molecule has 3 nitrogen and oxygen atoms in total. The second-order valence-corrected chi connectivity index (χ2v) is 1.65. The van der Waals surface area contributed by atoms with E-state index in [1.54, 1.807) is 0 Å². The zero-order valence-electron chi connectivity index (χ0n) is 6.29. The maximum atomic E-state index is 10.3. The first kappa shape index (κ1) is 3.45. The fourth-order valence-corrected chi connectivity index (χ4v) is 0.637. The van der Waals surface area contributed by atoms with E-state index in [1.165, 1.54) is 0 Å². The lowest BCUT2D eigenvalue weighted by Crippen LogP contribution is -2.29. The largest absolute Gasteiger partial charge is 0.480 e. The highest BCUT2D eigenvalue weighted by molar-refractivity contribution is 5.73. The molecule has 1 saturated heterocycles. The summed E-state index contributed by atoms with van der Waals surface area (Å²) in [6, 6.07) is -0.845. The average molecular weight is 117 g/mol. The van der Waals surface area contributed by atoms with Crippen LogP contribution in [0.4, 0.5) is 0 Å². The fraction of sp³-hybridized carbons (Fsp3) is 0.800. The molecule has 1 aliphatic rings. The molecular formula is C5H9NO2. The van der Waals surface area contributed by atoms with Crippen LogP contribution in [-0.4, -0.2) is 23.7 Å². The van der Waals surface area contributed by atoms with E-state index >= 15 is 0 Å². The third-order valence-corrected chi connectivity index (χ3v) is 1.05. The molecule has 0 aromatic carbocycles. The van der Waals surface area contributed by atoms with Crippen LogP contribution < -0.4 is 5.32 Å². The molecule has 1 heterocycles. The lowest BCUT2D eigenvalue weighted by molar-refractivity contribution is -0.139. The van der Waals surface area contributed by atoms with Crippen LogP contribution in [-0.2, 0) is 4.79 Å². The van der Waals surface area contributed by atoms with Crippen molar-refractivity contribution in [2.45, 2.75) is 18.8 Å². The van der Waals surface area contributed by atoms with E-state index in [2.05, 4.69) is 5.32 Å². The fourth-order valence-electron chi connectivity index (χ4n) is 0.637. The van der Waals surface area contributed by atoms with Gasteiger partial charge in [-0.3, -0.25) is 4.79 Å². The molecule has 0 amide bonds. The second-order valence-electron chi connectivity index (χ2n) is 1.65. The summed E-state index contributed by atoms with van der Waals surface area (Å²) >= 11 is 0. The summed E-state index contributed by atoms with van der Waals surface area (Å²) in [5.41, 5.74) is 0. The van der Waals surface area contributed by atoms with Crippen molar-refractivity contribution < 1.29 is 12.6 Å². The van der Waals surface area contributed by atoms with Crippen LogP contribution in [0.15, 0.2) is 0 Å². The van der Waals surface area contributed by atoms with Crippen LogP contribution in [0.2, 0.25) is 0 Å². The standard InChI is InChI=1S/C5H9NO2/c7-5(8)4-2-1-3-6-4/h4,6H,1-3H2,(H,7,8)/t4-/m0/s1/i1D,2D/t1-,2+,4+/m1. The predicted molar refractivity (Wildman–Crippen MR) is 28.7 cm³/mol. The van der Waals surface area contributed by atoms with Gasteiger partial charge in [-0.15, -0.1) is 0 Å². The Morgan fingerprint density at radius 1 is 2.00 bits per heavy atom. The Hall–Kier alpha value is -0.570. The van der Waals surface area contributed by atoms with Gasteiger partial charge in [0, 0.05) is 2.74 Å². The monoisotopic (exact) mass is 117 g/mol. The summed E-state index contributed by atoms with van der Waals surface area (Å²) in [4.78, 5) is 10.3. The van der Waals surface area contributed by atoms with E-state index in [0.29, 0.717) is 6.54 Å². The molecule has 46 valence electrons. The van der Waals surface area contributed by atoms with Crippen molar-refractivity contribution >= 4 is 5.97 Å². The summed E-state index contributed by atoms with van der Waals surface area (Å²) in [6.07, 6.45) is -1.42. The topological polar surface area (TPSA) is 49.3 Å². The Morgan fingerprint density at radius 3 is 3.00 bits per heavy atom. The van der Waals surface area contributed by atoms with Crippen LogP contribution in [0.5, 0.6) is 0 Å². The van der Waals surface area contributed by atoms with Crippen LogP contribution >= 0.6 is 0 Å². The van der Waals surface area contributed by atoms with Crippen LogP contribution in [0.25, 0.3) is 0 Å². The van der Waals surface area contributed by atoms with Gasteiger partial charge in [-0.1, -0.05) is 0 Å². The van der Waals surface area contributed by atoms with Gasteiger partial charge in [0.25, 0.3) is 0 Å². The zero-order chi connectivity index (χ0) is 7.72. The number of carbonyl (C=O) groups is 1. The highest BCUT2D eigenvalue weighted by Gasteiger charge is 2.20. The average Bonchev–Trinajstić information content (AvgIpc) is 2.14. The van der Waals surface area contributed by atoms with Gasteiger partial charge in [0.1, 0.15) is 6.04 Å². The molecule has 3 atom stereocenters. The van der Waals surface area contributed by atoms with Gasteiger partial charge >= 0.3 is 5.97 Å². The molecule has 3 heteroatoms. The van der Waals surface area contributed by atoms with E-state index in [0.717, 1.165) is 0 Å². The van der Waals surface area contributed by atoms with Crippen LogP contribution in [0.1, 0.15) is 15.5 Å². The maximum Gasteiger partial charge on any atom is 0.320 e. The Bertz CT molecular complexity index is 153. The van der Waals surface area contributed by atoms with Crippen molar-refractivity contribution in [3.05, 3.63) is 0 Å². The van der Waals surface area contributed by atoms with Crippen LogP contribution in [0.3, 0.4) is 0 Å². The van der Waals surface area contributed by atoms with Gasteiger partial charge in [0.2, 0.25) is 0 Å². The number of carboxylic acids is 1. The summed E-state index contributed by atoms with van der Waals surface area (Å²) in [6.45, 7) is 0.311. The first-order chi connectivity index (χ1) is 4.63. The Balaban J connectivity index is 2.57. The van der Waals surface area contributed by atoms with Crippen molar-refractivity contribution in [1.29, 1.82) is 0 Å². The zero-order valence-corrected chi connectivity index (χ0v) is 4.29. The van der Waals surface area contributed by atoms with Crippen molar-refractivity contribution in [3.8, 4) is 0 Å². The minimum absolute atomic E-state index is 0.311. The van der Waals surface area contributed by atoms with E-state index in [9.17, 15) is 4.79 Å². The summed E-state index contributed by atoms with van der Waals surface area (Å²) in [5.74, 6) is -1.03. The highest BCUT2D eigenvalue weighted by atomic mass is 16.4. The first-order valence-electron chi connectivity index (χ1n) is 3.59. The van der Waals surface area contributed by atoms with E-state index < -0.39 is 24.8 Å². The quantitative estimate of drug-likeness (QED) is 0.501. The molecule has 0 radical (unpaired) electrons. The number of nitrogens with one attached hydrogen (secondary N) is 1. The second kappa shape index (κ2) is 2.13. The van der Waals surface area contributed by atoms with Crippen molar-refractivity contribution in [1.82, 2.24) is 5.32 Å². The van der Waals surface area contributed by atoms with Gasteiger partial charge in [0.05, 0.1) is 0 Å². The van der Waals surface area contributed by atoms with Crippen molar-refractivity contribution in [3.63, 3.8) is 0 Å². The summed E-state index contributed by atoms with van der Waals surface area (Å²) < 4.78 is 14.3. The minimum atomic E-state index is -1.03. The van der Waals surface area contributed by atoms with Crippen LogP contribution in [0, 0.1) is 0 Å². The molecule has 1 rings (SSSR count). The van der Waals surface area contributed by atoms with E-state index in [-0.39, 0.29) is 0 Å². The first-order valence-corrected chi connectivity index (χ1v) is 2.43. The Labute approximate surface area is 50.5 Å². The number of aliphatic carboxylic acids is 1. The van der Waals surface area contributed by atoms with E-state index in [4.69, 9.17) is 7.85 Å². The summed E-state index contributed by atoms with van der Waals surface area (Å²) in [5, 5.41) is 11.0. The molecule has 1 fully saturated rings. The smallest absolute Gasteiger partial charge is 0.320 e.